The summed E-state index contributed by atoms with van der Waals surface area (Å²) in [6.07, 6.45) is 1.54. The number of benzene rings is 3. The van der Waals surface area contributed by atoms with Gasteiger partial charge < -0.3 is 29.2 Å². The number of piperidine rings is 1. The van der Waals surface area contributed by atoms with E-state index in [1.54, 1.807) is 63.8 Å². The molecule has 0 radical (unpaired) electrons. The third-order valence-electron chi connectivity index (χ3n) is 14.8. The number of likely N-dealkylation sites (tertiary alicyclic amines) is 1. The largest absolute Gasteiger partial charge is 0.454 e. The molecule has 0 amide bonds. The van der Waals surface area contributed by atoms with E-state index in [1.807, 2.05) is 24.3 Å². The predicted octanol–water partition coefficient (Wildman–Crippen LogP) is 4.39. The van der Waals surface area contributed by atoms with Crippen LogP contribution in [0.25, 0.3) is 10.8 Å². The van der Waals surface area contributed by atoms with Gasteiger partial charge in [-0.25, -0.2) is 13.2 Å². The molecule has 5 aliphatic carbocycles. The minimum absolute atomic E-state index is 0.0974. The number of aliphatic hydroxyl groups is 2. The molecule has 12 atom stereocenters. The van der Waals surface area contributed by atoms with Gasteiger partial charge in [0.05, 0.1) is 34.5 Å². The molecule has 0 aromatic heterocycles. The zero-order valence-electron chi connectivity index (χ0n) is 30.2. The molecule has 1 aliphatic heterocycles. The predicted molar refractivity (Wildman–Crippen MR) is 192 cm³/mol. The van der Waals surface area contributed by atoms with Crippen LogP contribution >= 0.6 is 0 Å². The maximum Gasteiger partial charge on any atom is 0.339 e. The molecule has 3 aromatic rings. The van der Waals surface area contributed by atoms with Crippen LogP contribution < -0.4 is 0 Å². The van der Waals surface area contributed by atoms with E-state index in [0.29, 0.717) is 56.1 Å². The molecule has 5 saturated carbocycles. The summed E-state index contributed by atoms with van der Waals surface area (Å²) in [5.41, 5.74) is -3.96. The van der Waals surface area contributed by atoms with Gasteiger partial charge in [0.15, 0.2) is 9.84 Å². The molecule has 3 unspecified atom stereocenters. The minimum Gasteiger partial charge on any atom is -0.454 e. The number of hydrogen-bond acceptors (Lipinski definition) is 10. The van der Waals surface area contributed by atoms with Crippen molar-refractivity contribution in [2.75, 3.05) is 34.4 Å². The molecular weight excluding hydrogens is 683 g/mol. The van der Waals surface area contributed by atoms with Crippen molar-refractivity contribution in [1.82, 2.24) is 4.90 Å². The number of esters is 1. The second kappa shape index (κ2) is 11.8. The van der Waals surface area contributed by atoms with E-state index in [4.69, 9.17) is 18.9 Å². The lowest BCUT2D eigenvalue weighted by Gasteiger charge is -2.70. The van der Waals surface area contributed by atoms with Gasteiger partial charge in [0.25, 0.3) is 0 Å². The van der Waals surface area contributed by atoms with Gasteiger partial charge in [-0.3, -0.25) is 4.90 Å². The van der Waals surface area contributed by atoms with Crippen molar-refractivity contribution < 1.29 is 42.4 Å². The number of hydrogen-bond donors (Lipinski definition) is 2. The van der Waals surface area contributed by atoms with Crippen molar-refractivity contribution in [2.24, 2.45) is 29.1 Å². The first-order chi connectivity index (χ1) is 24.9. The highest BCUT2D eigenvalue weighted by molar-refractivity contribution is 7.90. The lowest BCUT2D eigenvalue weighted by Crippen LogP contribution is -2.83. The molecule has 6 fully saturated rings. The SMILES string of the molecule is CCN1C[C@]2(OC(=O)c3ccccc3CS(=O)(=O)c3cccc4ccccc34)CC[C@H](OC)[C@@]34C2CC([C@@H]13)[C@@]1(O)C[C@H](OC)[C@H]2CC4[C@]1(O)[C@H]2OC. The number of nitrogens with zero attached hydrogens (tertiary/aromatic N) is 1. The Labute approximate surface area is 305 Å². The van der Waals surface area contributed by atoms with Crippen molar-refractivity contribution in [3.05, 3.63) is 77.9 Å². The van der Waals surface area contributed by atoms with Crippen molar-refractivity contribution in [3.8, 4) is 0 Å². The average Bonchev–Trinajstić information content (AvgIpc) is 3.57. The second-order valence-corrected chi connectivity index (χ2v) is 18.3. The first kappa shape index (κ1) is 34.8. The van der Waals surface area contributed by atoms with Crippen LogP contribution in [0.1, 0.15) is 54.9 Å². The number of methoxy groups -OCH3 is 3. The van der Waals surface area contributed by atoms with E-state index in [2.05, 4.69) is 11.8 Å². The Morgan fingerprint density at radius 3 is 2.42 bits per heavy atom. The first-order valence-corrected chi connectivity index (χ1v) is 20.4. The molecule has 7 bridgehead atoms. The number of carbonyl (C=O) groups is 1. The zero-order chi connectivity index (χ0) is 36.4. The monoisotopic (exact) mass is 731 g/mol. The number of fused-ring (bicyclic) bond motifs is 3. The maximum atomic E-state index is 14.6. The number of sulfone groups is 1. The van der Waals surface area contributed by atoms with Gasteiger partial charge in [-0.2, -0.15) is 0 Å². The fraction of sp³-hybridized carbons (Fsp3) is 0.585. The molecule has 2 N–H and O–H groups in total. The molecule has 278 valence electrons. The van der Waals surface area contributed by atoms with Crippen LogP contribution in [-0.4, -0.2) is 105 Å². The third-order valence-corrected chi connectivity index (χ3v) is 16.6. The van der Waals surface area contributed by atoms with Gasteiger partial charge in [-0.15, -0.1) is 0 Å². The highest BCUT2D eigenvalue weighted by Gasteiger charge is 2.89. The van der Waals surface area contributed by atoms with Gasteiger partial charge in [-0.05, 0) is 55.3 Å². The molecular formula is C41H49NO9S. The van der Waals surface area contributed by atoms with Gasteiger partial charge in [0.1, 0.15) is 16.8 Å². The molecule has 52 heavy (non-hydrogen) atoms. The Hall–Kier alpha value is -2.90. The quantitative estimate of drug-likeness (QED) is 0.306. The van der Waals surface area contributed by atoms with E-state index in [0.717, 1.165) is 5.39 Å². The molecule has 9 rings (SSSR count). The van der Waals surface area contributed by atoms with Crippen LogP contribution in [0.15, 0.2) is 71.6 Å². The highest BCUT2D eigenvalue weighted by atomic mass is 32.2. The summed E-state index contributed by atoms with van der Waals surface area (Å²) in [6, 6.07) is 19.4. The molecule has 1 heterocycles. The van der Waals surface area contributed by atoms with E-state index in [9.17, 15) is 23.4 Å². The van der Waals surface area contributed by atoms with Gasteiger partial charge >= 0.3 is 5.97 Å². The van der Waals surface area contributed by atoms with E-state index >= 15 is 0 Å². The average molecular weight is 732 g/mol. The number of carbonyl (C=O) groups excluding carboxylic acids is 1. The lowest BCUT2D eigenvalue weighted by atomic mass is 9.44. The summed E-state index contributed by atoms with van der Waals surface area (Å²) in [4.78, 5) is 17.2. The van der Waals surface area contributed by atoms with Crippen molar-refractivity contribution in [1.29, 1.82) is 0 Å². The molecule has 11 heteroatoms. The fourth-order valence-corrected chi connectivity index (χ4v) is 14.9. The zero-order valence-corrected chi connectivity index (χ0v) is 31.1. The Kier molecular flexibility index (Phi) is 7.91. The first-order valence-electron chi connectivity index (χ1n) is 18.7. The van der Waals surface area contributed by atoms with Crippen molar-refractivity contribution in [3.63, 3.8) is 0 Å². The van der Waals surface area contributed by atoms with Crippen LogP contribution in [0, 0.1) is 29.1 Å². The van der Waals surface area contributed by atoms with Crippen LogP contribution in [0.3, 0.4) is 0 Å². The summed E-state index contributed by atoms with van der Waals surface area (Å²) in [5, 5.41) is 27.5. The lowest BCUT2D eigenvalue weighted by molar-refractivity contribution is -0.337. The number of likely N-dealkylation sites (N-methyl/N-ethyl adjacent to an activating group) is 1. The van der Waals surface area contributed by atoms with Crippen molar-refractivity contribution in [2.45, 2.75) is 90.8 Å². The smallest absolute Gasteiger partial charge is 0.339 e. The third kappa shape index (κ3) is 4.22. The normalized spacial score (nSPS) is 41.7. The van der Waals surface area contributed by atoms with Crippen LogP contribution in [0.4, 0.5) is 0 Å². The second-order valence-electron chi connectivity index (χ2n) is 16.3. The molecule has 3 aromatic carbocycles. The number of ether oxygens (including phenoxy) is 4. The highest BCUT2D eigenvalue weighted by Crippen LogP contribution is 2.79. The molecule has 6 aliphatic rings. The summed E-state index contributed by atoms with van der Waals surface area (Å²) in [7, 11) is 1.18. The fourth-order valence-electron chi connectivity index (χ4n) is 13.2. The number of rotatable bonds is 9. The molecule has 1 spiro atoms. The van der Waals surface area contributed by atoms with E-state index in [-0.39, 0.29) is 58.1 Å². The molecule has 10 nitrogen and oxygen atoms in total. The Balaban J connectivity index is 1.12. The Bertz CT molecular complexity index is 2040. The van der Waals surface area contributed by atoms with Gasteiger partial charge in [0.2, 0.25) is 0 Å². The van der Waals surface area contributed by atoms with Crippen LogP contribution in [0.2, 0.25) is 0 Å². The summed E-state index contributed by atoms with van der Waals surface area (Å²) < 4.78 is 53.4. The minimum atomic E-state index is -3.85. The topological polar surface area (TPSA) is 132 Å². The van der Waals surface area contributed by atoms with Crippen LogP contribution in [0.5, 0.6) is 0 Å². The summed E-state index contributed by atoms with van der Waals surface area (Å²) >= 11 is 0. The Morgan fingerprint density at radius 2 is 1.67 bits per heavy atom. The maximum absolute atomic E-state index is 14.6. The Morgan fingerprint density at radius 1 is 0.923 bits per heavy atom. The van der Waals surface area contributed by atoms with Gasteiger partial charge in [0, 0.05) is 74.8 Å². The summed E-state index contributed by atoms with van der Waals surface area (Å²) in [6.45, 7) is 3.25. The van der Waals surface area contributed by atoms with Gasteiger partial charge in [-0.1, -0.05) is 61.5 Å². The van der Waals surface area contributed by atoms with E-state index < -0.39 is 44.1 Å². The van der Waals surface area contributed by atoms with Crippen LogP contribution in [-0.2, 0) is 34.5 Å². The molecule has 1 saturated heterocycles. The van der Waals surface area contributed by atoms with Crippen molar-refractivity contribution >= 4 is 26.6 Å². The standard InChI is InChI=1S/C41H49NO9S/c1-5-42-23-38(51-37(43)27-15-9-7-12-25(27)22-52(46,47)31-16-10-13-24-11-6-8-14-26(24)31)18-17-34(49-3)40-32(38)20-29(35(40)42)39(44)21-30(48-2)28-19-33(40)41(39,45)36(28)50-4/h6-16,28-30,32-36,44-45H,5,17-23H2,1-4H3/t28-,29?,30+,32?,33?,34+,35-,36+,38-,39+,40+,41+/m1/s1. The van der Waals surface area contributed by atoms with E-state index in [1.165, 1.54) is 0 Å². The summed E-state index contributed by atoms with van der Waals surface area (Å²) in [5.74, 6) is -1.93.